The lowest BCUT2D eigenvalue weighted by Crippen LogP contribution is -2.25. The molecular weight excluding hydrogens is 416 g/mol. The molecule has 2 heterocycles. The zero-order valence-electron chi connectivity index (χ0n) is 17.6. The van der Waals surface area contributed by atoms with Gasteiger partial charge >= 0.3 is 5.97 Å². The number of carbonyl (C=O) groups is 3. The highest BCUT2D eigenvalue weighted by Gasteiger charge is 2.31. The van der Waals surface area contributed by atoms with Gasteiger partial charge in [0.1, 0.15) is 12.4 Å². The second-order valence-corrected chi connectivity index (χ2v) is 8.39. The molecule has 1 aliphatic heterocycles. The minimum Gasteiger partial charge on any atom is -0.489 e. The molecule has 1 aromatic heterocycles. The van der Waals surface area contributed by atoms with Crippen LogP contribution in [0.15, 0.2) is 42.6 Å². The van der Waals surface area contributed by atoms with Crippen molar-refractivity contribution in [1.29, 1.82) is 0 Å². The van der Waals surface area contributed by atoms with Crippen LogP contribution in [0.25, 0.3) is 0 Å². The average Bonchev–Trinajstić information content (AvgIpc) is 3.09. The number of imide groups is 1. The summed E-state index contributed by atoms with van der Waals surface area (Å²) in [7, 11) is 0. The summed E-state index contributed by atoms with van der Waals surface area (Å²) in [6, 6.07) is 11.2. The number of hydrogen-bond acceptors (Lipinski definition) is 7. The Morgan fingerprint density at radius 2 is 1.87 bits per heavy atom. The zero-order valence-corrected chi connectivity index (χ0v) is 18.4. The fourth-order valence-corrected chi connectivity index (χ4v) is 3.93. The molecule has 0 saturated carbocycles. The smallest absolute Gasteiger partial charge is 0.306 e. The Labute approximate surface area is 185 Å². The van der Waals surface area contributed by atoms with E-state index in [1.54, 1.807) is 18.3 Å². The quantitative estimate of drug-likeness (QED) is 0.556. The normalized spacial score (nSPS) is 16.6. The summed E-state index contributed by atoms with van der Waals surface area (Å²) >= 11 is 1.01. The minimum absolute atomic E-state index is 0.142. The minimum atomic E-state index is -0.603. The third-order valence-corrected chi connectivity index (χ3v) is 5.81. The van der Waals surface area contributed by atoms with Gasteiger partial charge in [-0.3, -0.25) is 24.7 Å². The largest absolute Gasteiger partial charge is 0.489 e. The molecule has 31 heavy (non-hydrogen) atoms. The van der Waals surface area contributed by atoms with Crippen molar-refractivity contribution >= 4 is 28.9 Å². The van der Waals surface area contributed by atoms with Crippen LogP contribution in [-0.4, -0.2) is 34.0 Å². The summed E-state index contributed by atoms with van der Waals surface area (Å²) in [5, 5.41) is 1.58. The number of aryl methyl sites for hydroxylation is 1. The number of nitrogens with zero attached hydrogens (tertiary/aromatic N) is 1. The lowest BCUT2D eigenvalue weighted by Gasteiger charge is -2.18. The van der Waals surface area contributed by atoms with Crippen molar-refractivity contribution in [1.82, 2.24) is 10.3 Å². The average molecular weight is 443 g/mol. The van der Waals surface area contributed by atoms with Crippen LogP contribution in [0.4, 0.5) is 4.79 Å². The van der Waals surface area contributed by atoms with Gasteiger partial charge in [0.2, 0.25) is 5.91 Å². The molecule has 0 spiro atoms. The first-order valence-corrected chi connectivity index (χ1v) is 11.2. The molecule has 1 fully saturated rings. The van der Waals surface area contributed by atoms with Gasteiger partial charge in [0.25, 0.3) is 5.24 Å². The van der Waals surface area contributed by atoms with E-state index in [4.69, 9.17) is 9.47 Å². The number of aromatic nitrogens is 1. The molecule has 1 aromatic carbocycles. The summed E-state index contributed by atoms with van der Waals surface area (Å²) in [6.45, 7) is 4.12. The van der Waals surface area contributed by atoms with Gasteiger partial charge < -0.3 is 9.47 Å². The van der Waals surface area contributed by atoms with Crippen LogP contribution in [0.2, 0.25) is 0 Å². The van der Waals surface area contributed by atoms with Gasteiger partial charge in [-0.15, -0.1) is 0 Å². The molecular formula is C23H26N2O5S. The molecule has 2 aromatic rings. The maximum atomic E-state index is 12.1. The number of hydrogen-bond donors (Lipinski definition) is 1. The van der Waals surface area contributed by atoms with Crippen LogP contribution in [-0.2, 0) is 27.2 Å². The maximum absolute atomic E-state index is 12.1. The molecule has 1 aliphatic rings. The number of benzene rings is 1. The van der Waals surface area contributed by atoms with Crippen molar-refractivity contribution in [3.63, 3.8) is 0 Å². The van der Waals surface area contributed by atoms with E-state index in [9.17, 15) is 14.4 Å². The van der Waals surface area contributed by atoms with Gasteiger partial charge in [-0.05, 0) is 48.6 Å². The predicted molar refractivity (Wildman–Crippen MR) is 118 cm³/mol. The number of rotatable bonds is 10. The highest BCUT2D eigenvalue weighted by molar-refractivity contribution is 8.15. The first-order valence-electron chi connectivity index (χ1n) is 10.4. The number of ether oxygens (including phenoxy) is 2. The molecule has 1 saturated heterocycles. The van der Waals surface area contributed by atoms with Crippen LogP contribution in [0, 0.1) is 0 Å². The van der Waals surface area contributed by atoms with Crippen LogP contribution in [0.3, 0.4) is 0 Å². The second-order valence-electron chi connectivity index (χ2n) is 7.22. The Balaban J connectivity index is 1.62. The zero-order chi connectivity index (χ0) is 22.2. The Morgan fingerprint density at radius 1 is 1.13 bits per heavy atom. The Kier molecular flexibility index (Phi) is 8.06. The van der Waals surface area contributed by atoms with Crippen molar-refractivity contribution in [3.8, 4) is 5.75 Å². The fraction of sp³-hybridized carbons (Fsp3) is 0.391. The van der Waals surface area contributed by atoms with E-state index in [0.29, 0.717) is 30.7 Å². The van der Waals surface area contributed by atoms with Gasteiger partial charge in [0.05, 0.1) is 10.9 Å². The SMILES string of the molecule is CCCC(=O)OC(COc1ccc(CC2SC(=O)NC2=O)cc1)c1ccc(CC)cn1. The first kappa shape index (κ1) is 22.8. The van der Waals surface area contributed by atoms with E-state index < -0.39 is 11.4 Å². The monoisotopic (exact) mass is 442 g/mol. The summed E-state index contributed by atoms with van der Waals surface area (Å²) in [4.78, 5) is 39.5. The Bertz CT molecular complexity index is 915. The molecule has 0 bridgehead atoms. The summed E-state index contributed by atoms with van der Waals surface area (Å²) in [5.41, 5.74) is 2.68. The molecule has 8 heteroatoms. The van der Waals surface area contributed by atoms with E-state index in [-0.39, 0.29) is 23.7 Å². The van der Waals surface area contributed by atoms with E-state index in [1.807, 2.05) is 31.2 Å². The second kappa shape index (κ2) is 10.9. The molecule has 0 aliphatic carbocycles. The standard InChI is InChI=1S/C23H26N2O5S/c1-3-5-21(26)30-19(18-11-8-15(4-2)13-24-18)14-29-17-9-6-16(7-10-17)12-20-22(27)25-23(28)31-20/h6-11,13,19-20H,3-5,12,14H2,1-2H3,(H,25,27,28). The van der Waals surface area contributed by atoms with Gasteiger partial charge in [0, 0.05) is 12.6 Å². The lowest BCUT2D eigenvalue weighted by molar-refractivity contribution is -0.151. The lowest BCUT2D eigenvalue weighted by atomic mass is 10.1. The molecule has 2 unspecified atom stereocenters. The van der Waals surface area contributed by atoms with Crippen molar-refractivity contribution in [2.75, 3.05) is 6.61 Å². The molecule has 1 N–H and O–H groups in total. The third-order valence-electron chi connectivity index (χ3n) is 4.83. The number of nitrogens with one attached hydrogen (secondary N) is 1. The Hall–Kier alpha value is -2.87. The van der Waals surface area contributed by atoms with E-state index in [1.165, 1.54) is 0 Å². The highest BCUT2D eigenvalue weighted by Crippen LogP contribution is 2.25. The van der Waals surface area contributed by atoms with E-state index in [2.05, 4.69) is 17.2 Å². The maximum Gasteiger partial charge on any atom is 0.306 e. The van der Waals surface area contributed by atoms with E-state index >= 15 is 0 Å². The molecule has 164 valence electrons. The van der Waals surface area contributed by atoms with Crippen molar-refractivity contribution in [3.05, 3.63) is 59.4 Å². The molecule has 3 rings (SSSR count). The summed E-state index contributed by atoms with van der Waals surface area (Å²) in [5.74, 6) is 0.0773. The van der Waals surface area contributed by atoms with Gasteiger partial charge in [-0.2, -0.15) is 0 Å². The highest BCUT2D eigenvalue weighted by atomic mass is 32.2. The van der Waals surface area contributed by atoms with Gasteiger partial charge in [-0.1, -0.05) is 43.8 Å². The summed E-state index contributed by atoms with van der Waals surface area (Å²) < 4.78 is 11.5. The Morgan fingerprint density at radius 3 is 2.45 bits per heavy atom. The molecule has 0 radical (unpaired) electrons. The third kappa shape index (κ3) is 6.55. The van der Waals surface area contributed by atoms with Crippen LogP contribution in [0.1, 0.15) is 49.6 Å². The summed E-state index contributed by atoms with van der Waals surface area (Å²) in [6.07, 6.45) is 3.58. The predicted octanol–water partition coefficient (Wildman–Crippen LogP) is 4.00. The molecule has 7 nitrogen and oxygen atoms in total. The van der Waals surface area contributed by atoms with Gasteiger partial charge in [0.15, 0.2) is 6.10 Å². The van der Waals surface area contributed by atoms with Crippen molar-refractivity contribution in [2.45, 2.75) is 50.9 Å². The van der Waals surface area contributed by atoms with Crippen molar-refractivity contribution in [2.24, 2.45) is 0 Å². The topological polar surface area (TPSA) is 94.6 Å². The number of thioether (sulfide) groups is 1. The van der Waals surface area contributed by atoms with Gasteiger partial charge in [-0.25, -0.2) is 0 Å². The number of amides is 2. The van der Waals surface area contributed by atoms with Crippen LogP contribution in [0.5, 0.6) is 5.75 Å². The first-order chi connectivity index (χ1) is 15.0. The number of carbonyl (C=O) groups excluding carboxylic acids is 3. The molecule has 2 atom stereocenters. The van der Waals surface area contributed by atoms with Crippen LogP contribution >= 0.6 is 11.8 Å². The number of pyridine rings is 1. The van der Waals surface area contributed by atoms with E-state index in [0.717, 1.165) is 29.3 Å². The molecule has 2 amide bonds. The van der Waals surface area contributed by atoms with Crippen LogP contribution < -0.4 is 10.1 Å². The fourth-order valence-electron chi connectivity index (χ4n) is 3.07. The van der Waals surface area contributed by atoms with Crippen molar-refractivity contribution < 1.29 is 23.9 Å². The number of esters is 1.